The Hall–Kier alpha value is -2.54. The molecule has 1 N–H and O–H groups in total. The van der Waals surface area contributed by atoms with Crippen LogP contribution >= 0.6 is 11.3 Å². The number of aromatic hydroxyl groups is 1. The number of nitrogens with zero attached hydrogens (tertiary/aromatic N) is 1. The van der Waals surface area contributed by atoms with Crippen molar-refractivity contribution in [2.45, 2.75) is 6.36 Å². The number of aromatic nitrogens is 1. The van der Waals surface area contributed by atoms with Gasteiger partial charge in [0, 0.05) is 16.5 Å². The van der Waals surface area contributed by atoms with E-state index in [9.17, 15) is 18.3 Å². The van der Waals surface area contributed by atoms with Crippen LogP contribution in [-0.2, 0) is 0 Å². The number of phenols is 1. The fourth-order valence-corrected chi connectivity index (χ4v) is 2.81. The number of hydrogen-bond donors (Lipinski definition) is 1. The van der Waals surface area contributed by atoms with Gasteiger partial charge in [0.1, 0.15) is 16.5 Å². The molecule has 0 unspecified atom stereocenters. The van der Waals surface area contributed by atoms with E-state index >= 15 is 0 Å². The molecular weight excluding hydrogens is 327 g/mol. The summed E-state index contributed by atoms with van der Waals surface area (Å²) in [7, 11) is 0. The minimum absolute atomic E-state index is 0.171. The molecule has 23 heavy (non-hydrogen) atoms. The molecule has 0 aliphatic rings. The van der Waals surface area contributed by atoms with Crippen molar-refractivity contribution in [3.63, 3.8) is 0 Å². The standard InChI is InChI=1S/C16H10F3NO2S/c17-16(18,19)22-13-7-3-11(4-8-13)15-20-14(9-23-15)10-1-5-12(21)6-2-10/h1-9,21H. The lowest BCUT2D eigenvalue weighted by molar-refractivity contribution is -0.274. The van der Waals surface area contributed by atoms with Crippen LogP contribution in [0, 0.1) is 0 Å². The van der Waals surface area contributed by atoms with Crippen molar-refractivity contribution in [2.24, 2.45) is 0 Å². The van der Waals surface area contributed by atoms with Gasteiger partial charge in [0.05, 0.1) is 5.69 Å². The normalized spacial score (nSPS) is 11.4. The van der Waals surface area contributed by atoms with Gasteiger partial charge in [-0.05, 0) is 48.5 Å². The monoisotopic (exact) mass is 337 g/mol. The van der Waals surface area contributed by atoms with Gasteiger partial charge in [0.2, 0.25) is 0 Å². The molecule has 0 saturated carbocycles. The highest BCUT2D eigenvalue weighted by molar-refractivity contribution is 7.13. The molecule has 0 aliphatic heterocycles. The molecule has 0 spiro atoms. The molecule has 0 amide bonds. The first-order valence-corrected chi connectivity index (χ1v) is 7.40. The van der Waals surface area contributed by atoms with E-state index in [1.54, 1.807) is 24.3 Å². The van der Waals surface area contributed by atoms with E-state index < -0.39 is 6.36 Å². The van der Waals surface area contributed by atoms with Crippen molar-refractivity contribution in [3.8, 4) is 33.3 Å². The van der Waals surface area contributed by atoms with Crippen LogP contribution in [0.15, 0.2) is 53.9 Å². The Labute approximate surface area is 133 Å². The highest BCUT2D eigenvalue weighted by atomic mass is 32.1. The van der Waals surface area contributed by atoms with E-state index in [-0.39, 0.29) is 11.5 Å². The topological polar surface area (TPSA) is 42.4 Å². The highest BCUT2D eigenvalue weighted by Crippen LogP contribution is 2.31. The maximum Gasteiger partial charge on any atom is 0.573 e. The van der Waals surface area contributed by atoms with Crippen LogP contribution in [0.3, 0.4) is 0 Å². The lowest BCUT2D eigenvalue weighted by Crippen LogP contribution is -2.16. The molecule has 0 fully saturated rings. The van der Waals surface area contributed by atoms with Crippen molar-refractivity contribution in [3.05, 3.63) is 53.9 Å². The van der Waals surface area contributed by atoms with Crippen LogP contribution in [0.1, 0.15) is 0 Å². The summed E-state index contributed by atoms with van der Waals surface area (Å²) >= 11 is 1.38. The van der Waals surface area contributed by atoms with Crippen molar-refractivity contribution in [2.75, 3.05) is 0 Å². The van der Waals surface area contributed by atoms with Gasteiger partial charge in [0.25, 0.3) is 0 Å². The third-order valence-corrected chi connectivity index (χ3v) is 3.89. The summed E-state index contributed by atoms with van der Waals surface area (Å²) in [5.74, 6) is -0.0963. The SMILES string of the molecule is Oc1ccc(-c2csc(-c3ccc(OC(F)(F)F)cc3)n2)cc1. The van der Waals surface area contributed by atoms with Crippen molar-refractivity contribution in [1.82, 2.24) is 4.98 Å². The molecule has 0 bridgehead atoms. The molecule has 0 saturated heterocycles. The molecule has 3 nitrogen and oxygen atoms in total. The summed E-state index contributed by atoms with van der Waals surface area (Å²) in [6, 6.07) is 12.2. The number of alkyl halides is 3. The molecular formula is C16H10F3NO2S. The summed E-state index contributed by atoms with van der Waals surface area (Å²) in [5.41, 5.74) is 2.29. The first-order chi connectivity index (χ1) is 10.9. The second kappa shape index (κ2) is 5.92. The van der Waals surface area contributed by atoms with Gasteiger partial charge in [-0.1, -0.05) is 0 Å². The van der Waals surface area contributed by atoms with Crippen LogP contribution in [0.2, 0.25) is 0 Å². The van der Waals surface area contributed by atoms with E-state index in [0.717, 1.165) is 11.3 Å². The lowest BCUT2D eigenvalue weighted by atomic mass is 10.1. The van der Waals surface area contributed by atoms with Crippen LogP contribution in [0.25, 0.3) is 21.8 Å². The summed E-state index contributed by atoms with van der Waals surface area (Å²) in [6.07, 6.45) is -4.70. The number of ether oxygens (including phenoxy) is 1. The maximum absolute atomic E-state index is 12.1. The molecule has 0 atom stereocenters. The Balaban J connectivity index is 1.81. The quantitative estimate of drug-likeness (QED) is 0.724. The maximum atomic E-state index is 12.1. The Morgan fingerprint density at radius 3 is 2.13 bits per heavy atom. The fourth-order valence-electron chi connectivity index (χ4n) is 1.97. The number of phenolic OH excluding ortho intramolecular Hbond substituents is 1. The Kier molecular flexibility index (Phi) is 3.96. The summed E-state index contributed by atoms with van der Waals surface area (Å²) in [5, 5.41) is 11.8. The van der Waals surface area contributed by atoms with Crippen molar-refractivity contribution >= 4 is 11.3 Å². The molecule has 2 aromatic carbocycles. The molecule has 0 aliphatic carbocycles. The zero-order valence-electron chi connectivity index (χ0n) is 11.5. The highest BCUT2D eigenvalue weighted by Gasteiger charge is 2.30. The summed E-state index contributed by atoms with van der Waals surface area (Å²) < 4.78 is 40.2. The zero-order chi connectivity index (χ0) is 16.4. The van der Waals surface area contributed by atoms with Gasteiger partial charge < -0.3 is 9.84 Å². The Morgan fingerprint density at radius 1 is 0.913 bits per heavy atom. The van der Waals surface area contributed by atoms with Crippen LogP contribution < -0.4 is 4.74 Å². The second-order valence-corrected chi connectivity index (χ2v) is 5.52. The van der Waals surface area contributed by atoms with Gasteiger partial charge in [-0.25, -0.2) is 4.98 Å². The third-order valence-electron chi connectivity index (χ3n) is 3.00. The minimum Gasteiger partial charge on any atom is -0.508 e. The van der Waals surface area contributed by atoms with E-state index in [0.29, 0.717) is 10.6 Å². The largest absolute Gasteiger partial charge is 0.573 e. The fraction of sp³-hybridized carbons (Fsp3) is 0.0625. The predicted molar refractivity (Wildman–Crippen MR) is 81.3 cm³/mol. The van der Waals surface area contributed by atoms with E-state index in [1.165, 1.54) is 35.6 Å². The average molecular weight is 337 g/mol. The zero-order valence-corrected chi connectivity index (χ0v) is 12.4. The number of rotatable bonds is 3. The van der Waals surface area contributed by atoms with Gasteiger partial charge in [-0.15, -0.1) is 24.5 Å². The molecule has 0 radical (unpaired) electrons. The molecule has 3 rings (SSSR count). The number of hydrogen-bond acceptors (Lipinski definition) is 4. The van der Waals surface area contributed by atoms with Crippen molar-refractivity contribution < 1.29 is 23.0 Å². The molecule has 3 aromatic rings. The number of benzene rings is 2. The van der Waals surface area contributed by atoms with Crippen LogP contribution in [-0.4, -0.2) is 16.5 Å². The van der Waals surface area contributed by atoms with Crippen LogP contribution in [0.5, 0.6) is 11.5 Å². The molecule has 1 aromatic heterocycles. The van der Waals surface area contributed by atoms with E-state index in [2.05, 4.69) is 9.72 Å². The second-order valence-electron chi connectivity index (χ2n) is 4.66. The van der Waals surface area contributed by atoms with E-state index in [1.807, 2.05) is 5.38 Å². The van der Waals surface area contributed by atoms with Gasteiger partial charge in [0.15, 0.2) is 0 Å². The van der Waals surface area contributed by atoms with Gasteiger partial charge in [-0.3, -0.25) is 0 Å². The minimum atomic E-state index is -4.70. The van der Waals surface area contributed by atoms with Gasteiger partial charge in [-0.2, -0.15) is 0 Å². The van der Waals surface area contributed by atoms with Crippen LogP contribution in [0.4, 0.5) is 13.2 Å². The lowest BCUT2D eigenvalue weighted by Gasteiger charge is -2.08. The first kappa shape index (κ1) is 15.4. The predicted octanol–water partition coefficient (Wildman–Crippen LogP) is 5.08. The number of thiazole rings is 1. The Morgan fingerprint density at radius 2 is 1.52 bits per heavy atom. The summed E-state index contributed by atoms with van der Waals surface area (Å²) in [6.45, 7) is 0. The smallest absolute Gasteiger partial charge is 0.508 e. The summed E-state index contributed by atoms with van der Waals surface area (Å²) in [4.78, 5) is 4.46. The van der Waals surface area contributed by atoms with Gasteiger partial charge >= 0.3 is 6.36 Å². The molecule has 1 heterocycles. The van der Waals surface area contributed by atoms with Crippen molar-refractivity contribution in [1.29, 1.82) is 0 Å². The Bertz CT molecular complexity index is 795. The average Bonchev–Trinajstić information content (AvgIpc) is 2.97. The third kappa shape index (κ3) is 3.81. The molecule has 118 valence electrons. The first-order valence-electron chi connectivity index (χ1n) is 6.52. The molecule has 7 heteroatoms. The number of halogens is 3. The van der Waals surface area contributed by atoms with E-state index in [4.69, 9.17) is 0 Å².